The van der Waals surface area contributed by atoms with Gasteiger partial charge in [0.15, 0.2) is 17.4 Å². The summed E-state index contributed by atoms with van der Waals surface area (Å²) in [5, 5.41) is 0. The Morgan fingerprint density at radius 2 is 2.06 bits per heavy atom. The fourth-order valence-electron chi connectivity index (χ4n) is 1.51. The van der Waals surface area contributed by atoms with E-state index in [4.69, 9.17) is 4.74 Å². The van der Waals surface area contributed by atoms with Crippen LogP contribution in [-0.4, -0.2) is 44.5 Å². The molecule has 0 fully saturated rings. The first-order valence-electron chi connectivity index (χ1n) is 5.71. The molecule has 0 aliphatic rings. The number of ether oxygens (including phenoxy) is 1. The van der Waals surface area contributed by atoms with Crippen molar-refractivity contribution in [2.75, 3.05) is 33.9 Å². The zero-order valence-corrected chi connectivity index (χ0v) is 10.6. The molecule has 1 aromatic rings. The number of likely N-dealkylation sites (N-methyl/N-ethyl adjacent to an activating group) is 1. The molecule has 0 atom stereocenters. The van der Waals surface area contributed by atoms with Gasteiger partial charge in [-0.15, -0.1) is 0 Å². The van der Waals surface area contributed by atoms with Crippen molar-refractivity contribution in [1.82, 2.24) is 4.90 Å². The van der Waals surface area contributed by atoms with Crippen LogP contribution in [0.5, 0.6) is 0 Å². The highest BCUT2D eigenvalue weighted by atomic mass is 19.2. The SMILES string of the molecule is COCCN(C)CCC(=O)c1cccc(F)c1F. The van der Waals surface area contributed by atoms with E-state index < -0.39 is 17.4 Å². The molecule has 0 amide bonds. The summed E-state index contributed by atoms with van der Waals surface area (Å²) in [4.78, 5) is 13.6. The third-order valence-corrected chi connectivity index (χ3v) is 2.65. The number of benzene rings is 1. The van der Waals surface area contributed by atoms with Crippen molar-refractivity contribution in [3.63, 3.8) is 0 Å². The van der Waals surface area contributed by atoms with Gasteiger partial charge in [-0.2, -0.15) is 0 Å². The van der Waals surface area contributed by atoms with Gasteiger partial charge >= 0.3 is 0 Å². The molecule has 0 aliphatic heterocycles. The van der Waals surface area contributed by atoms with Crippen molar-refractivity contribution in [2.24, 2.45) is 0 Å². The molecule has 0 aliphatic carbocycles. The maximum atomic E-state index is 13.3. The van der Waals surface area contributed by atoms with Gasteiger partial charge in [-0.25, -0.2) is 8.78 Å². The van der Waals surface area contributed by atoms with Crippen molar-refractivity contribution in [3.8, 4) is 0 Å². The fourth-order valence-corrected chi connectivity index (χ4v) is 1.51. The summed E-state index contributed by atoms with van der Waals surface area (Å²) in [5.74, 6) is -2.45. The number of halogens is 2. The predicted molar refractivity (Wildman–Crippen MR) is 64.7 cm³/mol. The van der Waals surface area contributed by atoms with Crippen LogP contribution in [-0.2, 0) is 4.74 Å². The van der Waals surface area contributed by atoms with Crippen LogP contribution in [0.4, 0.5) is 8.78 Å². The number of carbonyl (C=O) groups excluding carboxylic acids is 1. The van der Waals surface area contributed by atoms with Crippen LogP contribution in [0.3, 0.4) is 0 Å². The van der Waals surface area contributed by atoms with E-state index in [9.17, 15) is 13.6 Å². The number of methoxy groups -OCH3 is 1. The van der Waals surface area contributed by atoms with Gasteiger partial charge in [-0.05, 0) is 19.2 Å². The van der Waals surface area contributed by atoms with Gasteiger partial charge in [0.1, 0.15) is 0 Å². The van der Waals surface area contributed by atoms with E-state index in [1.165, 1.54) is 12.1 Å². The quantitative estimate of drug-likeness (QED) is 0.701. The van der Waals surface area contributed by atoms with Gasteiger partial charge < -0.3 is 9.64 Å². The van der Waals surface area contributed by atoms with Gasteiger partial charge in [0, 0.05) is 26.6 Å². The standard InChI is InChI=1S/C13H17F2NO2/c1-16(8-9-18-2)7-6-12(17)10-4-3-5-11(14)13(10)15/h3-5H,6-9H2,1-2H3. The summed E-state index contributed by atoms with van der Waals surface area (Å²) in [6.07, 6.45) is 0.153. The molecule has 3 nitrogen and oxygen atoms in total. The van der Waals surface area contributed by atoms with Gasteiger partial charge in [0.2, 0.25) is 0 Å². The molecule has 0 heterocycles. The second-order valence-corrected chi connectivity index (χ2v) is 4.07. The number of hydrogen-bond donors (Lipinski definition) is 0. The molecular formula is C13H17F2NO2. The van der Waals surface area contributed by atoms with Crippen LogP contribution in [0.15, 0.2) is 18.2 Å². The smallest absolute Gasteiger partial charge is 0.169 e. The lowest BCUT2D eigenvalue weighted by Crippen LogP contribution is -2.25. The molecule has 0 radical (unpaired) electrons. The first-order valence-corrected chi connectivity index (χ1v) is 5.71. The maximum Gasteiger partial charge on any atom is 0.169 e. The Kier molecular flexibility index (Phi) is 5.88. The lowest BCUT2D eigenvalue weighted by atomic mass is 10.1. The van der Waals surface area contributed by atoms with Crippen LogP contribution in [0.25, 0.3) is 0 Å². The summed E-state index contributed by atoms with van der Waals surface area (Å²) in [5.41, 5.74) is -0.185. The summed E-state index contributed by atoms with van der Waals surface area (Å²) >= 11 is 0. The fraction of sp³-hybridized carbons (Fsp3) is 0.462. The monoisotopic (exact) mass is 257 g/mol. The first kappa shape index (κ1) is 14.7. The molecule has 0 aromatic heterocycles. The Balaban J connectivity index is 2.53. The minimum Gasteiger partial charge on any atom is -0.383 e. The highest BCUT2D eigenvalue weighted by Crippen LogP contribution is 2.13. The maximum absolute atomic E-state index is 13.3. The normalized spacial score (nSPS) is 10.9. The second kappa shape index (κ2) is 7.18. The van der Waals surface area contributed by atoms with E-state index in [-0.39, 0.29) is 12.0 Å². The average molecular weight is 257 g/mol. The van der Waals surface area contributed by atoms with E-state index >= 15 is 0 Å². The van der Waals surface area contributed by atoms with E-state index in [0.29, 0.717) is 19.7 Å². The van der Waals surface area contributed by atoms with Crippen LogP contribution in [0.1, 0.15) is 16.8 Å². The van der Waals surface area contributed by atoms with Gasteiger partial charge in [0.05, 0.1) is 12.2 Å². The topological polar surface area (TPSA) is 29.5 Å². The van der Waals surface area contributed by atoms with Crippen molar-refractivity contribution < 1.29 is 18.3 Å². The molecule has 1 aromatic carbocycles. The minimum atomic E-state index is -1.07. The molecule has 18 heavy (non-hydrogen) atoms. The highest BCUT2D eigenvalue weighted by molar-refractivity contribution is 5.96. The lowest BCUT2D eigenvalue weighted by Gasteiger charge is -2.15. The Hall–Kier alpha value is -1.33. The lowest BCUT2D eigenvalue weighted by molar-refractivity contribution is 0.0955. The zero-order valence-electron chi connectivity index (χ0n) is 10.6. The number of ketones is 1. The first-order chi connectivity index (χ1) is 8.56. The molecule has 100 valence electrons. The highest BCUT2D eigenvalue weighted by Gasteiger charge is 2.15. The summed E-state index contributed by atoms with van der Waals surface area (Å²) in [6.45, 7) is 1.74. The third kappa shape index (κ3) is 4.16. The van der Waals surface area contributed by atoms with E-state index in [1.54, 1.807) is 7.11 Å². The number of rotatable bonds is 7. The number of carbonyl (C=O) groups is 1. The molecule has 1 rings (SSSR count). The van der Waals surface area contributed by atoms with Crippen LogP contribution < -0.4 is 0 Å². The molecule has 0 spiro atoms. The molecular weight excluding hydrogens is 240 g/mol. The van der Waals surface area contributed by atoms with E-state index in [1.807, 2.05) is 11.9 Å². The summed E-state index contributed by atoms with van der Waals surface area (Å²) in [6, 6.07) is 3.63. The zero-order chi connectivity index (χ0) is 13.5. The number of hydrogen-bond acceptors (Lipinski definition) is 3. The summed E-state index contributed by atoms with van der Waals surface area (Å²) in [7, 11) is 3.44. The Labute approximate surface area is 105 Å². The van der Waals surface area contributed by atoms with Gasteiger partial charge in [-0.1, -0.05) is 6.07 Å². The molecule has 0 bridgehead atoms. The molecule has 0 saturated carbocycles. The van der Waals surface area contributed by atoms with E-state index in [2.05, 4.69) is 0 Å². The van der Waals surface area contributed by atoms with Crippen molar-refractivity contribution >= 4 is 5.78 Å². The molecule has 0 unspecified atom stereocenters. The second-order valence-electron chi connectivity index (χ2n) is 4.07. The predicted octanol–water partition coefficient (Wildman–Crippen LogP) is 2.12. The molecule has 0 saturated heterocycles. The van der Waals surface area contributed by atoms with Crippen LogP contribution in [0, 0.1) is 11.6 Å². The number of Topliss-reactive ketones (excluding diaryl/α,β-unsaturated/α-hetero) is 1. The van der Waals surface area contributed by atoms with Crippen molar-refractivity contribution in [3.05, 3.63) is 35.4 Å². The number of nitrogens with zero attached hydrogens (tertiary/aromatic N) is 1. The Morgan fingerprint density at radius 1 is 1.33 bits per heavy atom. The third-order valence-electron chi connectivity index (χ3n) is 2.65. The minimum absolute atomic E-state index is 0.153. The Morgan fingerprint density at radius 3 is 2.72 bits per heavy atom. The van der Waals surface area contributed by atoms with Crippen molar-refractivity contribution in [1.29, 1.82) is 0 Å². The van der Waals surface area contributed by atoms with Gasteiger partial charge in [-0.3, -0.25) is 4.79 Å². The van der Waals surface area contributed by atoms with Crippen LogP contribution in [0.2, 0.25) is 0 Å². The van der Waals surface area contributed by atoms with E-state index in [0.717, 1.165) is 6.07 Å². The van der Waals surface area contributed by atoms with Gasteiger partial charge in [0.25, 0.3) is 0 Å². The largest absolute Gasteiger partial charge is 0.383 e. The molecule has 5 heteroatoms. The summed E-state index contributed by atoms with van der Waals surface area (Å²) < 4.78 is 31.2. The van der Waals surface area contributed by atoms with Crippen molar-refractivity contribution in [2.45, 2.75) is 6.42 Å². The average Bonchev–Trinajstić information content (AvgIpc) is 2.36. The van der Waals surface area contributed by atoms with Crippen LogP contribution >= 0.6 is 0 Å². The Bertz CT molecular complexity index is 410. The molecule has 0 N–H and O–H groups in total.